The molecule has 1 aromatic rings. The van der Waals surface area contributed by atoms with Gasteiger partial charge in [0.1, 0.15) is 6.04 Å². The lowest BCUT2D eigenvalue weighted by molar-refractivity contribution is -0.137. The quantitative estimate of drug-likeness (QED) is 0.765. The fraction of sp³-hybridized carbons (Fsp3) is 0.667. The van der Waals surface area contributed by atoms with Gasteiger partial charge in [0.15, 0.2) is 5.82 Å². The van der Waals surface area contributed by atoms with E-state index in [4.69, 9.17) is 15.4 Å². The van der Waals surface area contributed by atoms with Crippen molar-refractivity contribution in [1.29, 1.82) is 0 Å². The first-order valence-electron chi connectivity index (χ1n) is 4.89. The number of rotatable bonds is 6. The molecule has 0 aliphatic rings. The third-order valence-electron chi connectivity index (χ3n) is 1.84. The van der Waals surface area contributed by atoms with Crippen molar-refractivity contribution in [3.63, 3.8) is 0 Å². The molecule has 0 saturated heterocycles. The van der Waals surface area contributed by atoms with Crippen LogP contribution in [0.2, 0.25) is 0 Å². The van der Waals surface area contributed by atoms with E-state index in [2.05, 4.69) is 10.1 Å². The molecule has 16 heavy (non-hydrogen) atoms. The van der Waals surface area contributed by atoms with Crippen molar-refractivity contribution in [3.8, 4) is 0 Å². The van der Waals surface area contributed by atoms with Crippen LogP contribution in [0.5, 0.6) is 0 Å². The topological polar surface area (TPSA) is 102 Å². The zero-order valence-electron chi connectivity index (χ0n) is 9.21. The Bertz CT molecular complexity index is 354. The number of aliphatic carboxylic acids is 1. The van der Waals surface area contributed by atoms with Crippen LogP contribution in [0.15, 0.2) is 4.52 Å². The number of hydrogen-bond donors (Lipinski definition) is 2. The lowest BCUT2D eigenvalue weighted by Gasteiger charge is -2.03. The minimum Gasteiger partial charge on any atom is -0.480 e. The molecule has 1 atom stereocenters. The molecular formula is C9H15N3O3S. The maximum atomic E-state index is 10.4. The number of hydrogen-bond acceptors (Lipinski definition) is 6. The largest absolute Gasteiger partial charge is 0.480 e. The van der Waals surface area contributed by atoms with E-state index >= 15 is 0 Å². The lowest BCUT2D eigenvalue weighted by Crippen LogP contribution is -2.32. The zero-order chi connectivity index (χ0) is 12.1. The van der Waals surface area contributed by atoms with E-state index in [1.54, 1.807) is 0 Å². The highest BCUT2D eigenvalue weighted by Crippen LogP contribution is 2.14. The van der Waals surface area contributed by atoms with E-state index in [0.29, 0.717) is 23.2 Å². The summed E-state index contributed by atoms with van der Waals surface area (Å²) in [5, 5.41) is 12.4. The van der Waals surface area contributed by atoms with Crippen molar-refractivity contribution in [2.45, 2.75) is 31.6 Å². The standard InChI is InChI=1S/C9H15N3O3S/c1-5(2)8-11-7(15-12-8)4-16-3-6(10)9(13)14/h5-6H,3-4,10H2,1-2H3,(H,13,14). The van der Waals surface area contributed by atoms with Crippen LogP contribution in [-0.2, 0) is 10.5 Å². The van der Waals surface area contributed by atoms with Crippen molar-refractivity contribution in [2.75, 3.05) is 5.75 Å². The summed E-state index contributed by atoms with van der Waals surface area (Å²) < 4.78 is 5.00. The molecule has 7 heteroatoms. The molecule has 1 aromatic heterocycles. The number of carbonyl (C=O) groups is 1. The molecule has 90 valence electrons. The van der Waals surface area contributed by atoms with Crippen LogP contribution in [0.4, 0.5) is 0 Å². The molecule has 1 rings (SSSR count). The van der Waals surface area contributed by atoms with Gasteiger partial charge in [-0.3, -0.25) is 4.79 Å². The number of thioether (sulfide) groups is 1. The monoisotopic (exact) mass is 245 g/mol. The van der Waals surface area contributed by atoms with E-state index in [1.807, 2.05) is 13.8 Å². The molecular weight excluding hydrogens is 230 g/mol. The summed E-state index contributed by atoms with van der Waals surface area (Å²) in [5.41, 5.74) is 5.35. The van der Waals surface area contributed by atoms with E-state index in [0.717, 1.165) is 0 Å². The Hall–Kier alpha value is -1.08. The molecule has 0 aromatic carbocycles. The van der Waals surface area contributed by atoms with Gasteiger partial charge in [0.2, 0.25) is 5.89 Å². The highest BCUT2D eigenvalue weighted by atomic mass is 32.2. The van der Waals surface area contributed by atoms with Crippen molar-refractivity contribution in [1.82, 2.24) is 10.1 Å². The summed E-state index contributed by atoms with van der Waals surface area (Å²) in [4.78, 5) is 14.6. The van der Waals surface area contributed by atoms with Crippen molar-refractivity contribution in [3.05, 3.63) is 11.7 Å². The first-order chi connectivity index (χ1) is 7.50. The van der Waals surface area contributed by atoms with E-state index in [9.17, 15) is 4.79 Å². The zero-order valence-corrected chi connectivity index (χ0v) is 10.0. The summed E-state index contributed by atoms with van der Waals surface area (Å²) in [5.74, 6) is 1.21. The highest BCUT2D eigenvalue weighted by molar-refractivity contribution is 7.98. The third kappa shape index (κ3) is 3.82. The Kier molecular flexibility index (Phi) is 4.75. The minimum atomic E-state index is -0.999. The van der Waals surface area contributed by atoms with Crippen LogP contribution >= 0.6 is 11.8 Å². The summed E-state index contributed by atoms with van der Waals surface area (Å²) in [6.45, 7) is 3.95. The van der Waals surface area contributed by atoms with Crippen LogP contribution in [-0.4, -0.2) is 33.0 Å². The summed E-state index contributed by atoms with van der Waals surface area (Å²) >= 11 is 1.37. The molecule has 0 amide bonds. The summed E-state index contributed by atoms with van der Waals surface area (Å²) in [7, 11) is 0. The second kappa shape index (κ2) is 5.86. The van der Waals surface area contributed by atoms with Crippen LogP contribution in [0.1, 0.15) is 31.5 Å². The van der Waals surface area contributed by atoms with Gasteiger partial charge in [-0.15, -0.1) is 11.8 Å². The molecule has 0 fully saturated rings. The predicted molar refractivity (Wildman–Crippen MR) is 60.2 cm³/mol. The van der Waals surface area contributed by atoms with Gasteiger partial charge in [-0.05, 0) is 0 Å². The van der Waals surface area contributed by atoms with Crippen LogP contribution < -0.4 is 5.73 Å². The van der Waals surface area contributed by atoms with Gasteiger partial charge >= 0.3 is 5.97 Å². The Labute approximate surface area is 97.6 Å². The average molecular weight is 245 g/mol. The predicted octanol–water partition coefficient (Wildman–Crippen LogP) is 0.838. The molecule has 1 heterocycles. The normalized spacial score (nSPS) is 13.0. The highest BCUT2D eigenvalue weighted by Gasteiger charge is 2.13. The van der Waals surface area contributed by atoms with E-state index < -0.39 is 12.0 Å². The van der Waals surface area contributed by atoms with E-state index in [-0.39, 0.29) is 5.92 Å². The molecule has 3 N–H and O–H groups in total. The van der Waals surface area contributed by atoms with Gasteiger partial charge in [0.25, 0.3) is 0 Å². The van der Waals surface area contributed by atoms with Crippen molar-refractivity contribution >= 4 is 17.7 Å². The molecule has 1 unspecified atom stereocenters. The van der Waals surface area contributed by atoms with Crippen LogP contribution in [0.25, 0.3) is 0 Å². The summed E-state index contributed by atoms with van der Waals surface area (Å²) in [6, 6.07) is -0.850. The first-order valence-corrected chi connectivity index (χ1v) is 6.04. The smallest absolute Gasteiger partial charge is 0.321 e. The molecule has 0 aliphatic carbocycles. The minimum absolute atomic E-state index is 0.226. The van der Waals surface area contributed by atoms with Gasteiger partial charge in [-0.1, -0.05) is 19.0 Å². The van der Waals surface area contributed by atoms with Crippen LogP contribution in [0, 0.1) is 0 Å². The molecule has 0 radical (unpaired) electrons. The maximum absolute atomic E-state index is 10.4. The molecule has 0 aliphatic heterocycles. The van der Waals surface area contributed by atoms with Crippen molar-refractivity contribution in [2.24, 2.45) is 5.73 Å². The number of nitrogens with zero attached hydrogens (tertiary/aromatic N) is 2. The van der Waals surface area contributed by atoms with Gasteiger partial charge in [-0.25, -0.2) is 0 Å². The van der Waals surface area contributed by atoms with Gasteiger partial charge in [0, 0.05) is 11.7 Å². The Morgan fingerprint density at radius 1 is 1.62 bits per heavy atom. The second-order valence-electron chi connectivity index (χ2n) is 3.66. The average Bonchev–Trinajstić information content (AvgIpc) is 2.66. The van der Waals surface area contributed by atoms with Gasteiger partial charge in [0.05, 0.1) is 5.75 Å². The Morgan fingerprint density at radius 3 is 2.81 bits per heavy atom. The molecule has 6 nitrogen and oxygen atoms in total. The maximum Gasteiger partial charge on any atom is 0.321 e. The fourth-order valence-electron chi connectivity index (χ4n) is 0.906. The summed E-state index contributed by atoms with van der Waals surface area (Å²) in [6.07, 6.45) is 0. The molecule has 0 saturated carbocycles. The molecule has 0 spiro atoms. The number of carboxylic acid groups (broad SMARTS) is 1. The number of nitrogens with two attached hydrogens (primary N) is 1. The van der Waals surface area contributed by atoms with Crippen LogP contribution in [0.3, 0.4) is 0 Å². The van der Waals surface area contributed by atoms with Gasteiger partial charge < -0.3 is 15.4 Å². The second-order valence-corrected chi connectivity index (χ2v) is 4.69. The number of aromatic nitrogens is 2. The first kappa shape index (κ1) is 13.0. The SMILES string of the molecule is CC(C)c1noc(CSCC(N)C(=O)O)n1. The number of carboxylic acids is 1. The lowest BCUT2D eigenvalue weighted by atomic mass is 10.2. The molecule has 0 bridgehead atoms. The van der Waals surface area contributed by atoms with Crippen molar-refractivity contribution < 1.29 is 14.4 Å². The third-order valence-corrected chi connectivity index (χ3v) is 2.89. The Morgan fingerprint density at radius 2 is 2.31 bits per heavy atom. The fourth-order valence-corrected chi connectivity index (χ4v) is 1.71. The van der Waals surface area contributed by atoms with E-state index in [1.165, 1.54) is 11.8 Å². The Balaban J connectivity index is 2.34. The van der Waals surface area contributed by atoms with Gasteiger partial charge in [-0.2, -0.15) is 4.98 Å².